The lowest BCUT2D eigenvalue weighted by atomic mass is 10.0. The third-order valence-corrected chi connectivity index (χ3v) is 5.16. The molecule has 3 rings (SSSR count). The second-order valence-corrected chi connectivity index (χ2v) is 7.21. The van der Waals surface area contributed by atoms with E-state index in [4.69, 9.17) is 27.9 Å². The van der Waals surface area contributed by atoms with Crippen LogP contribution in [0.3, 0.4) is 0 Å². The number of hydrogen-bond acceptors (Lipinski definition) is 4. The predicted octanol–water partition coefficient (Wildman–Crippen LogP) is 5.68. The van der Waals surface area contributed by atoms with E-state index in [1.807, 2.05) is 30.3 Å². The summed E-state index contributed by atoms with van der Waals surface area (Å²) in [5, 5.41) is 11.2. The minimum Gasteiger partial charge on any atom is -0.511 e. The molecule has 0 amide bonds. The molecule has 0 aromatic heterocycles. The number of esters is 1. The Kier molecular flexibility index (Phi) is 5.39. The van der Waals surface area contributed by atoms with E-state index in [9.17, 15) is 9.90 Å². The number of carbonyl (C=O) groups is 1. The quantitative estimate of drug-likeness (QED) is 0.692. The van der Waals surface area contributed by atoms with E-state index >= 15 is 0 Å². The van der Waals surface area contributed by atoms with E-state index in [1.165, 1.54) is 11.8 Å². The van der Waals surface area contributed by atoms with Gasteiger partial charge in [-0.25, -0.2) is 4.79 Å². The number of rotatable bonds is 4. The van der Waals surface area contributed by atoms with E-state index in [-0.39, 0.29) is 17.1 Å². The van der Waals surface area contributed by atoms with Crippen molar-refractivity contribution in [3.05, 3.63) is 80.4 Å². The first kappa shape index (κ1) is 17.2. The fraction of sp³-hybridized carbons (Fsp3) is 0.167. The van der Waals surface area contributed by atoms with Gasteiger partial charge in [-0.2, -0.15) is 0 Å². The van der Waals surface area contributed by atoms with Crippen molar-refractivity contribution in [1.29, 1.82) is 0 Å². The predicted molar refractivity (Wildman–Crippen MR) is 97.3 cm³/mol. The number of carbonyl (C=O) groups excluding carboxylic acids is 1. The Morgan fingerprint density at radius 1 is 1.12 bits per heavy atom. The topological polar surface area (TPSA) is 46.5 Å². The zero-order valence-electron chi connectivity index (χ0n) is 12.5. The fourth-order valence-electron chi connectivity index (χ4n) is 2.43. The first-order valence-electron chi connectivity index (χ1n) is 7.29. The Bertz CT molecular complexity index is 770. The summed E-state index contributed by atoms with van der Waals surface area (Å²) in [5.74, 6) is 0.0947. The number of aliphatic hydroxyl groups excluding tert-OH is 1. The number of hydrogen-bond donors (Lipinski definition) is 1. The molecule has 2 aromatic carbocycles. The second kappa shape index (κ2) is 7.51. The number of halogens is 2. The summed E-state index contributed by atoms with van der Waals surface area (Å²) < 4.78 is 5.46. The molecule has 0 saturated heterocycles. The largest absolute Gasteiger partial charge is 0.511 e. The first-order chi connectivity index (χ1) is 11.5. The fourth-order valence-corrected chi connectivity index (χ4v) is 3.89. The molecule has 0 spiro atoms. The highest BCUT2D eigenvalue weighted by Crippen LogP contribution is 2.38. The SMILES string of the molecule is O=C1OC(c2cc(Cl)cc(Cl)c2)CC(O)=C1SCc1ccccc1. The lowest BCUT2D eigenvalue weighted by Gasteiger charge is -2.24. The molecule has 1 atom stereocenters. The summed E-state index contributed by atoms with van der Waals surface area (Å²) in [6.07, 6.45) is -0.380. The lowest BCUT2D eigenvalue weighted by Crippen LogP contribution is -2.20. The van der Waals surface area contributed by atoms with Crippen molar-refractivity contribution in [2.75, 3.05) is 0 Å². The maximum atomic E-state index is 12.3. The van der Waals surface area contributed by atoms with Crippen LogP contribution in [0.5, 0.6) is 0 Å². The molecular weight excluding hydrogens is 367 g/mol. The molecule has 0 radical (unpaired) electrons. The molecule has 24 heavy (non-hydrogen) atoms. The maximum Gasteiger partial charge on any atom is 0.348 e. The number of thioether (sulfide) groups is 1. The Balaban J connectivity index is 1.75. The van der Waals surface area contributed by atoms with Crippen LogP contribution in [-0.2, 0) is 15.3 Å². The van der Waals surface area contributed by atoms with Crippen molar-refractivity contribution >= 4 is 40.9 Å². The van der Waals surface area contributed by atoms with Crippen molar-refractivity contribution < 1.29 is 14.6 Å². The molecule has 2 aromatic rings. The number of cyclic esters (lactones) is 1. The van der Waals surface area contributed by atoms with Gasteiger partial charge in [-0.3, -0.25) is 0 Å². The third-order valence-electron chi connectivity index (χ3n) is 3.56. The molecule has 1 aliphatic heterocycles. The summed E-state index contributed by atoms with van der Waals surface area (Å²) in [5.41, 5.74) is 1.74. The summed E-state index contributed by atoms with van der Waals surface area (Å²) in [6.45, 7) is 0. The second-order valence-electron chi connectivity index (χ2n) is 5.35. The number of aliphatic hydroxyl groups is 1. The van der Waals surface area contributed by atoms with Crippen LogP contribution < -0.4 is 0 Å². The number of benzene rings is 2. The summed E-state index contributed by atoms with van der Waals surface area (Å²) in [7, 11) is 0. The Labute approximate surface area is 154 Å². The van der Waals surface area contributed by atoms with E-state index in [1.54, 1.807) is 18.2 Å². The van der Waals surface area contributed by atoms with E-state index in [0.717, 1.165) is 5.56 Å². The smallest absolute Gasteiger partial charge is 0.348 e. The summed E-state index contributed by atoms with van der Waals surface area (Å²) in [6, 6.07) is 14.7. The van der Waals surface area contributed by atoms with Crippen molar-refractivity contribution in [1.82, 2.24) is 0 Å². The molecule has 3 nitrogen and oxygen atoms in total. The highest BCUT2D eigenvalue weighted by Gasteiger charge is 2.30. The monoisotopic (exact) mass is 380 g/mol. The van der Waals surface area contributed by atoms with E-state index in [0.29, 0.717) is 21.4 Å². The standard InChI is InChI=1S/C18H14Cl2O3S/c19-13-6-12(7-14(20)8-13)16-9-15(21)17(18(22)23-16)24-10-11-4-2-1-3-5-11/h1-8,16,21H,9-10H2. The average molecular weight is 381 g/mol. The highest BCUT2D eigenvalue weighted by atomic mass is 35.5. The maximum absolute atomic E-state index is 12.3. The van der Waals surface area contributed by atoms with Crippen LogP contribution in [0.25, 0.3) is 0 Å². The van der Waals surface area contributed by atoms with Gasteiger partial charge >= 0.3 is 5.97 Å². The van der Waals surface area contributed by atoms with Gasteiger partial charge in [-0.15, -0.1) is 11.8 Å². The van der Waals surface area contributed by atoms with Crippen LogP contribution in [0.2, 0.25) is 10.0 Å². The Hall–Kier alpha value is -1.62. The minimum atomic E-state index is -0.588. The van der Waals surface area contributed by atoms with Gasteiger partial charge in [0.1, 0.15) is 16.8 Å². The molecule has 1 N–H and O–H groups in total. The van der Waals surface area contributed by atoms with Gasteiger partial charge in [-0.1, -0.05) is 53.5 Å². The lowest BCUT2D eigenvalue weighted by molar-refractivity contribution is -0.146. The molecular formula is C18H14Cl2O3S. The van der Waals surface area contributed by atoms with Gasteiger partial charge in [0, 0.05) is 22.2 Å². The normalized spacial score (nSPS) is 17.8. The molecule has 6 heteroatoms. The van der Waals surface area contributed by atoms with Gasteiger partial charge in [0.05, 0.1) is 0 Å². The Morgan fingerprint density at radius 3 is 2.42 bits per heavy atom. The molecule has 1 heterocycles. The molecule has 124 valence electrons. The summed E-state index contributed by atoms with van der Waals surface area (Å²) in [4.78, 5) is 12.5. The van der Waals surface area contributed by atoms with E-state index in [2.05, 4.69) is 0 Å². The molecule has 0 saturated carbocycles. The van der Waals surface area contributed by atoms with Crippen LogP contribution >= 0.6 is 35.0 Å². The third kappa shape index (κ3) is 4.07. The molecule has 1 unspecified atom stereocenters. The van der Waals surface area contributed by atoms with Gasteiger partial charge in [-0.05, 0) is 29.3 Å². The van der Waals surface area contributed by atoms with E-state index < -0.39 is 12.1 Å². The van der Waals surface area contributed by atoms with Gasteiger partial charge in [0.25, 0.3) is 0 Å². The summed E-state index contributed by atoms with van der Waals surface area (Å²) >= 11 is 13.2. The van der Waals surface area contributed by atoms with Crippen LogP contribution in [-0.4, -0.2) is 11.1 Å². The minimum absolute atomic E-state index is 0.0354. The molecule has 0 bridgehead atoms. The molecule has 0 fully saturated rings. The van der Waals surface area contributed by atoms with Crippen LogP contribution in [0.15, 0.2) is 59.2 Å². The van der Waals surface area contributed by atoms with Crippen molar-refractivity contribution in [2.45, 2.75) is 18.3 Å². The van der Waals surface area contributed by atoms with Crippen molar-refractivity contribution in [2.24, 2.45) is 0 Å². The zero-order valence-corrected chi connectivity index (χ0v) is 14.9. The highest BCUT2D eigenvalue weighted by molar-refractivity contribution is 8.03. The molecule has 1 aliphatic rings. The van der Waals surface area contributed by atoms with Gasteiger partial charge in [0.2, 0.25) is 0 Å². The zero-order chi connectivity index (χ0) is 17.1. The molecule has 0 aliphatic carbocycles. The van der Waals surface area contributed by atoms with Crippen LogP contribution in [0, 0.1) is 0 Å². The van der Waals surface area contributed by atoms with Gasteiger partial charge in [0.15, 0.2) is 0 Å². The number of ether oxygens (including phenoxy) is 1. The van der Waals surface area contributed by atoms with Gasteiger partial charge < -0.3 is 9.84 Å². The Morgan fingerprint density at radius 2 is 1.79 bits per heavy atom. The van der Waals surface area contributed by atoms with Crippen LogP contribution in [0.4, 0.5) is 0 Å². The first-order valence-corrected chi connectivity index (χ1v) is 9.03. The van der Waals surface area contributed by atoms with Crippen molar-refractivity contribution in [3.8, 4) is 0 Å². The van der Waals surface area contributed by atoms with Crippen molar-refractivity contribution in [3.63, 3.8) is 0 Å². The van der Waals surface area contributed by atoms with Crippen LogP contribution in [0.1, 0.15) is 23.7 Å². The average Bonchev–Trinajstić information content (AvgIpc) is 2.54.